The van der Waals surface area contributed by atoms with Crippen molar-refractivity contribution in [3.05, 3.63) is 29.8 Å². The highest BCUT2D eigenvalue weighted by Gasteiger charge is 2.27. The summed E-state index contributed by atoms with van der Waals surface area (Å²) in [4.78, 5) is 11.5. The Labute approximate surface area is 109 Å². The number of carbonyl (C=O) groups is 1. The van der Waals surface area contributed by atoms with Gasteiger partial charge in [0.05, 0.1) is 6.42 Å². The Kier molecular flexibility index (Phi) is 4.44. The number of alkyl halides is 3. The van der Waals surface area contributed by atoms with Gasteiger partial charge >= 0.3 is 12.3 Å². The monoisotopic (exact) mass is 275 g/mol. The normalized spacial score (nSPS) is 12.1. The van der Waals surface area contributed by atoms with Crippen molar-refractivity contribution in [2.45, 2.75) is 39.0 Å². The highest BCUT2D eigenvalue weighted by molar-refractivity contribution is 5.84. The predicted molar refractivity (Wildman–Crippen MR) is 66.1 cm³/mol. The third-order valence-corrected chi connectivity index (χ3v) is 1.98. The van der Waals surface area contributed by atoms with Crippen LogP contribution in [0, 0.1) is 0 Å². The van der Waals surface area contributed by atoms with Crippen LogP contribution in [0.1, 0.15) is 26.3 Å². The molecule has 0 aliphatic rings. The van der Waals surface area contributed by atoms with Crippen LogP contribution in [-0.4, -0.2) is 17.9 Å². The molecule has 0 unspecified atom stereocenters. The number of rotatable bonds is 2. The second-order valence-corrected chi connectivity index (χ2v) is 5.12. The van der Waals surface area contributed by atoms with Crippen LogP contribution in [0.25, 0.3) is 0 Å². The summed E-state index contributed by atoms with van der Waals surface area (Å²) in [5, 5.41) is 2.40. The van der Waals surface area contributed by atoms with E-state index in [1.807, 2.05) is 0 Å². The smallest absolute Gasteiger partial charge is 0.412 e. The van der Waals surface area contributed by atoms with Crippen LogP contribution in [0.3, 0.4) is 0 Å². The second kappa shape index (κ2) is 5.50. The average molecular weight is 275 g/mol. The van der Waals surface area contributed by atoms with Gasteiger partial charge in [0.1, 0.15) is 5.60 Å². The Morgan fingerprint density at radius 3 is 2.42 bits per heavy atom. The summed E-state index contributed by atoms with van der Waals surface area (Å²) in [6, 6.07) is 5.59. The summed E-state index contributed by atoms with van der Waals surface area (Å²) >= 11 is 0. The van der Waals surface area contributed by atoms with Crippen LogP contribution < -0.4 is 5.32 Å². The van der Waals surface area contributed by atoms with Crippen molar-refractivity contribution in [1.29, 1.82) is 0 Å². The van der Waals surface area contributed by atoms with Gasteiger partial charge in [-0.1, -0.05) is 12.1 Å². The Bertz CT molecular complexity index is 450. The zero-order chi connectivity index (χ0) is 14.7. The van der Waals surface area contributed by atoms with Gasteiger partial charge in [-0.3, -0.25) is 5.32 Å². The molecule has 0 bridgehead atoms. The zero-order valence-corrected chi connectivity index (χ0v) is 11.0. The topological polar surface area (TPSA) is 38.3 Å². The summed E-state index contributed by atoms with van der Waals surface area (Å²) in [5.74, 6) is 0. The van der Waals surface area contributed by atoms with Gasteiger partial charge in [0, 0.05) is 5.69 Å². The molecule has 19 heavy (non-hydrogen) atoms. The fraction of sp³-hybridized carbons (Fsp3) is 0.462. The first-order valence-electron chi connectivity index (χ1n) is 5.71. The van der Waals surface area contributed by atoms with Crippen LogP contribution in [0.4, 0.5) is 23.7 Å². The lowest BCUT2D eigenvalue weighted by molar-refractivity contribution is -0.127. The molecule has 0 saturated carbocycles. The Hall–Kier alpha value is -1.72. The van der Waals surface area contributed by atoms with E-state index in [2.05, 4.69) is 5.32 Å². The molecule has 0 aromatic heterocycles. The summed E-state index contributed by atoms with van der Waals surface area (Å²) in [5.41, 5.74) is -0.301. The second-order valence-electron chi connectivity index (χ2n) is 5.12. The molecule has 0 saturated heterocycles. The minimum absolute atomic E-state index is 0.0843. The van der Waals surface area contributed by atoms with Crippen LogP contribution in [0.2, 0.25) is 0 Å². The molecule has 0 spiro atoms. The van der Waals surface area contributed by atoms with E-state index in [4.69, 9.17) is 4.74 Å². The molecule has 6 heteroatoms. The lowest BCUT2D eigenvalue weighted by Gasteiger charge is -2.19. The van der Waals surface area contributed by atoms with Gasteiger partial charge in [0.15, 0.2) is 0 Å². The number of hydrogen-bond acceptors (Lipinski definition) is 2. The van der Waals surface area contributed by atoms with Crippen LogP contribution >= 0.6 is 0 Å². The molecule has 0 aliphatic carbocycles. The van der Waals surface area contributed by atoms with Gasteiger partial charge in [-0.05, 0) is 38.5 Å². The maximum atomic E-state index is 12.2. The van der Waals surface area contributed by atoms with Gasteiger partial charge in [-0.25, -0.2) is 4.79 Å². The number of halogens is 3. The molecule has 0 heterocycles. The van der Waals surface area contributed by atoms with Crippen molar-refractivity contribution in [2.24, 2.45) is 0 Å². The van der Waals surface area contributed by atoms with Crippen LogP contribution in [-0.2, 0) is 11.2 Å². The van der Waals surface area contributed by atoms with Crippen LogP contribution in [0.5, 0.6) is 0 Å². The van der Waals surface area contributed by atoms with Crippen molar-refractivity contribution in [3.8, 4) is 0 Å². The fourth-order valence-corrected chi connectivity index (χ4v) is 1.41. The van der Waals surface area contributed by atoms with Crippen molar-refractivity contribution >= 4 is 11.8 Å². The number of amides is 1. The third-order valence-electron chi connectivity index (χ3n) is 1.98. The average Bonchev–Trinajstić information content (AvgIpc) is 2.11. The van der Waals surface area contributed by atoms with Crippen molar-refractivity contribution in [1.82, 2.24) is 0 Å². The number of benzene rings is 1. The molecule has 0 atom stereocenters. The molecule has 1 amide bonds. The highest BCUT2D eigenvalue weighted by atomic mass is 19.4. The Balaban J connectivity index is 2.70. The van der Waals surface area contributed by atoms with Crippen LogP contribution in [0.15, 0.2) is 24.3 Å². The minimum atomic E-state index is -4.27. The first-order valence-corrected chi connectivity index (χ1v) is 5.71. The maximum Gasteiger partial charge on any atom is 0.412 e. The van der Waals surface area contributed by atoms with E-state index in [1.165, 1.54) is 24.3 Å². The molecule has 0 radical (unpaired) electrons. The summed E-state index contributed by atoms with van der Waals surface area (Å²) in [6.45, 7) is 5.10. The molecule has 0 aliphatic heterocycles. The SMILES string of the molecule is CC(C)(C)OC(=O)Nc1cccc(CC(F)(F)F)c1. The molecule has 1 aromatic rings. The first-order chi connectivity index (χ1) is 8.55. The molecule has 1 N–H and O–H groups in total. The lowest BCUT2D eigenvalue weighted by Crippen LogP contribution is -2.27. The standard InChI is InChI=1S/C13H16F3NO2/c1-12(2,3)19-11(18)17-10-6-4-5-9(7-10)8-13(14,15)16/h4-7H,8H2,1-3H3,(H,17,18). The summed E-state index contributed by atoms with van der Waals surface area (Å²) in [7, 11) is 0. The van der Waals surface area contributed by atoms with E-state index >= 15 is 0 Å². The van der Waals surface area contributed by atoms with E-state index in [-0.39, 0.29) is 11.3 Å². The van der Waals surface area contributed by atoms with Gasteiger partial charge in [0.2, 0.25) is 0 Å². The van der Waals surface area contributed by atoms with Crippen molar-refractivity contribution < 1.29 is 22.7 Å². The zero-order valence-electron chi connectivity index (χ0n) is 11.0. The van der Waals surface area contributed by atoms with E-state index in [9.17, 15) is 18.0 Å². The van der Waals surface area contributed by atoms with E-state index in [0.29, 0.717) is 0 Å². The molecular weight excluding hydrogens is 259 g/mol. The fourth-order valence-electron chi connectivity index (χ4n) is 1.41. The van der Waals surface area contributed by atoms with E-state index in [0.717, 1.165) is 0 Å². The van der Waals surface area contributed by atoms with Crippen molar-refractivity contribution in [2.75, 3.05) is 5.32 Å². The molecule has 3 nitrogen and oxygen atoms in total. The number of anilines is 1. The summed E-state index contributed by atoms with van der Waals surface area (Å²) < 4.78 is 41.7. The third kappa shape index (κ3) is 6.69. The Morgan fingerprint density at radius 2 is 1.89 bits per heavy atom. The van der Waals surface area contributed by atoms with Gasteiger partial charge in [-0.2, -0.15) is 13.2 Å². The van der Waals surface area contributed by atoms with Gasteiger partial charge in [-0.15, -0.1) is 0 Å². The van der Waals surface area contributed by atoms with E-state index < -0.39 is 24.3 Å². The molecule has 0 fully saturated rings. The van der Waals surface area contributed by atoms with Gasteiger partial charge in [0.25, 0.3) is 0 Å². The number of carbonyl (C=O) groups excluding carboxylic acids is 1. The largest absolute Gasteiger partial charge is 0.444 e. The highest BCUT2D eigenvalue weighted by Crippen LogP contribution is 2.23. The minimum Gasteiger partial charge on any atom is -0.444 e. The number of hydrogen-bond donors (Lipinski definition) is 1. The van der Waals surface area contributed by atoms with Crippen molar-refractivity contribution in [3.63, 3.8) is 0 Å². The summed E-state index contributed by atoms with van der Waals surface area (Å²) in [6.07, 6.45) is -6.00. The number of ether oxygens (including phenoxy) is 1. The maximum absolute atomic E-state index is 12.2. The number of nitrogens with one attached hydrogen (secondary N) is 1. The molecular formula is C13H16F3NO2. The molecule has 1 aromatic carbocycles. The predicted octanol–water partition coefficient (Wildman–Crippen LogP) is 4.14. The first kappa shape index (κ1) is 15.3. The molecule has 106 valence electrons. The van der Waals surface area contributed by atoms with Gasteiger partial charge < -0.3 is 4.74 Å². The quantitative estimate of drug-likeness (QED) is 0.881. The molecule has 1 rings (SSSR count). The Morgan fingerprint density at radius 1 is 1.26 bits per heavy atom. The van der Waals surface area contributed by atoms with E-state index in [1.54, 1.807) is 20.8 Å². The lowest BCUT2D eigenvalue weighted by atomic mass is 10.1.